The second-order valence-corrected chi connectivity index (χ2v) is 4.36. The summed E-state index contributed by atoms with van der Waals surface area (Å²) in [6.45, 7) is 0.307. The summed E-state index contributed by atoms with van der Waals surface area (Å²) in [5.41, 5.74) is 0. The average molecular weight is 217 g/mol. The van der Waals surface area contributed by atoms with Gasteiger partial charge in [-0.2, -0.15) is 5.26 Å². The molecule has 1 aliphatic carbocycles. The van der Waals surface area contributed by atoms with Gasteiger partial charge < -0.3 is 10.2 Å². The first-order valence-electron chi connectivity index (χ1n) is 5.66. The van der Waals surface area contributed by atoms with Crippen LogP contribution in [0, 0.1) is 23.7 Å². The molecule has 1 N–H and O–H groups in total. The minimum absolute atomic E-state index is 0.0427. The Morgan fingerprint density at radius 3 is 2.62 bits per heavy atom. The Morgan fingerprint density at radius 2 is 2.06 bits per heavy atom. The maximum Gasteiger partial charge on any atom is 0.238 e. The first-order valence-corrected chi connectivity index (χ1v) is 5.66. The summed E-state index contributed by atoms with van der Waals surface area (Å²) in [4.78, 5) is 13.5. The van der Waals surface area contributed by atoms with Crippen molar-refractivity contribution in [2.45, 2.75) is 43.8 Å². The quantitative estimate of drug-likeness (QED) is 0.690. The molecule has 0 bridgehead atoms. The molecule has 0 aromatic heterocycles. The van der Waals surface area contributed by atoms with Crippen molar-refractivity contribution in [3.8, 4) is 18.4 Å². The van der Waals surface area contributed by atoms with Gasteiger partial charge in [0.1, 0.15) is 6.04 Å². The highest BCUT2D eigenvalue weighted by Crippen LogP contribution is 2.24. The molecular formula is C12H15N3O. The lowest BCUT2D eigenvalue weighted by Gasteiger charge is -2.24. The van der Waals surface area contributed by atoms with Crippen LogP contribution in [0.15, 0.2) is 0 Å². The van der Waals surface area contributed by atoms with Crippen LogP contribution in [0.25, 0.3) is 0 Å². The molecule has 2 aliphatic rings. The van der Waals surface area contributed by atoms with Gasteiger partial charge in [0.15, 0.2) is 0 Å². The van der Waals surface area contributed by atoms with E-state index in [1.54, 1.807) is 4.90 Å². The first-order chi connectivity index (χ1) is 7.76. The molecule has 0 radical (unpaired) electrons. The van der Waals surface area contributed by atoms with Gasteiger partial charge in [0, 0.05) is 6.04 Å². The summed E-state index contributed by atoms with van der Waals surface area (Å²) in [5, 5.41) is 12.1. The van der Waals surface area contributed by atoms with E-state index in [1.807, 2.05) is 0 Å². The molecule has 2 atom stereocenters. The Bertz CT molecular complexity index is 339. The third-order valence-corrected chi connectivity index (χ3v) is 3.13. The van der Waals surface area contributed by atoms with Crippen molar-refractivity contribution >= 4 is 5.91 Å². The highest BCUT2D eigenvalue weighted by atomic mass is 16.2. The number of terminal acetylenes is 1. The fourth-order valence-corrected chi connectivity index (χ4v) is 2.06. The van der Waals surface area contributed by atoms with Crippen molar-refractivity contribution in [3.63, 3.8) is 0 Å². The Hall–Kier alpha value is -1.52. The zero-order valence-corrected chi connectivity index (χ0v) is 9.15. The lowest BCUT2D eigenvalue weighted by atomic mass is 10.2. The van der Waals surface area contributed by atoms with Gasteiger partial charge in [-0.1, -0.05) is 5.92 Å². The lowest BCUT2D eigenvalue weighted by molar-refractivity contribution is -0.131. The summed E-state index contributed by atoms with van der Waals surface area (Å²) in [7, 11) is 0. The van der Waals surface area contributed by atoms with Crippen molar-refractivity contribution in [1.29, 1.82) is 5.26 Å². The maximum absolute atomic E-state index is 11.9. The van der Waals surface area contributed by atoms with Gasteiger partial charge in [0.2, 0.25) is 5.91 Å². The van der Waals surface area contributed by atoms with Crippen LogP contribution in [0.4, 0.5) is 0 Å². The van der Waals surface area contributed by atoms with Gasteiger partial charge in [-0.3, -0.25) is 4.79 Å². The Morgan fingerprint density at radius 1 is 1.38 bits per heavy atom. The number of rotatable bonds is 3. The minimum Gasteiger partial charge on any atom is -0.312 e. The van der Waals surface area contributed by atoms with Gasteiger partial charge in [0.25, 0.3) is 0 Å². The molecule has 1 saturated carbocycles. The molecule has 2 fully saturated rings. The van der Waals surface area contributed by atoms with Gasteiger partial charge in [-0.15, -0.1) is 6.42 Å². The van der Waals surface area contributed by atoms with Crippen LogP contribution in [-0.4, -0.2) is 35.5 Å². The van der Waals surface area contributed by atoms with E-state index >= 15 is 0 Å². The molecule has 84 valence electrons. The van der Waals surface area contributed by atoms with E-state index in [0.717, 1.165) is 19.3 Å². The molecule has 4 heteroatoms. The third kappa shape index (κ3) is 2.18. The zero-order valence-electron chi connectivity index (χ0n) is 9.15. The van der Waals surface area contributed by atoms with E-state index in [-0.39, 0.29) is 18.0 Å². The largest absolute Gasteiger partial charge is 0.312 e. The number of nitriles is 1. The Balaban J connectivity index is 1.95. The highest BCUT2D eigenvalue weighted by molar-refractivity contribution is 5.80. The molecule has 0 spiro atoms. The van der Waals surface area contributed by atoms with Crippen LogP contribution in [-0.2, 0) is 4.79 Å². The number of amides is 1. The smallest absolute Gasteiger partial charge is 0.238 e. The van der Waals surface area contributed by atoms with E-state index in [4.69, 9.17) is 11.7 Å². The summed E-state index contributed by atoms with van der Waals surface area (Å²) in [6.07, 6.45) is 9.10. The van der Waals surface area contributed by atoms with Crippen LogP contribution in [0.3, 0.4) is 0 Å². The normalized spacial score (nSPS) is 28.5. The fraction of sp³-hybridized carbons (Fsp3) is 0.667. The second-order valence-electron chi connectivity index (χ2n) is 4.36. The van der Waals surface area contributed by atoms with E-state index in [9.17, 15) is 4.79 Å². The van der Waals surface area contributed by atoms with E-state index in [0.29, 0.717) is 19.0 Å². The Labute approximate surface area is 95.6 Å². The molecule has 0 aromatic rings. The second kappa shape index (κ2) is 4.55. The zero-order chi connectivity index (χ0) is 11.5. The number of nitrogens with zero attached hydrogens (tertiary/aromatic N) is 2. The van der Waals surface area contributed by atoms with Crippen molar-refractivity contribution in [3.05, 3.63) is 0 Å². The standard InChI is InChI=1S/C12H15N3O/c1-2-10-5-6-11(7-13)15(10)12(16)8-14-9-3-4-9/h1,9-11,14H,3-6,8H2/t10-,11-/m0/s1. The number of likely N-dealkylation sites (tertiary alicyclic amines) is 1. The van der Waals surface area contributed by atoms with Crippen LogP contribution in [0.5, 0.6) is 0 Å². The average Bonchev–Trinajstić information content (AvgIpc) is 3.03. The molecule has 16 heavy (non-hydrogen) atoms. The van der Waals surface area contributed by atoms with E-state index in [2.05, 4.69) is 17.3 Å². The van der Waals surface area contributed by atoms with Crippen molar-refractivity contribution in [2.24, 2.45) is 0 Å². The maximum atomic E-state index is 11.9. The Kier molecular flexibility index (Phi) is 3.12. The predicted molar refractivity (Wildman–Crippen MR) is 59.1 cm³/mol. The van der Waals surface area contributed by atoms with Crippen LogP contribution in [0.2, 0.25) is 0 Å². The molecule has 4 nitrogen and oxygen atoms in total. The molecule has 2 rings (SSSR count). The highest BCUT2D eigenvalue weighted by Gasteiger charge is 2.36. The molecule has 0 unspecified atom stereocenters. The number of nitrogens with one attached hydrogen (secondary N) is 1. The van der Waals surface area contributed by atoms with Crippen molar-refractivity contribution in [1.82, 2.24) is 10.2 Å². The lowest BCUT2D eigenvalue weighted by Crippen LogP contribution is -2.45. The molecule has 1 amide bonds. The summed E-state index contributed by atoms with van der Waals surface area (Å²) in [5.74, 6) is 2.55. The van der Waals surface area contributed by atoms with E-state index in [1.165, 1.54) is 0 Å². The summed E-state index contributed by atoms with van der Waals surface area (Å²) < 4.78 is 0. The van der Waals surface area contributed by atoms with Crippen LogP contribution >= 0.6 is 0 Å². The number of hydrogen-bond donors (Lipinski definition) is 1. The molecule has 1 aliphatic heterocycles. The number of hydrogen-bond acceptors (Lipinski definition) is 3. The van der Waals surface area contributed by atoms with Gasteiger partial charge in [-0.05, 0) is 25.7 Å². The summed E-state index contributed by atoms with van der Waals surface area (Å²) in [6, 6.07) is 2.11. The first kappa shape index (κ1) is 11.0. The predicted octanol–water partition coefficient (Wildman–Crippen LogP) is 0.255. The number of carbonyl (C=O) groups is 1. The van der Waals surface area contributed by atoms with Crippen LogP contribution in [0.1, 0.15) is 25.7 Å². The third-order valence-electron chi connectivity index (χ3n) is 3.13. The van der Waals surface area contributed by atoms with Gasteiger partial charge in [-0.25, -0.2) is 0 Å². The molecule has 1 heterocycles. The topological polar surface area (TPSA) is 56.1 Å². The fourth-order valence-electron chi connectivity index (χ4n) is 2.06. The van der Waals surface area contributed by atoms with Crippen molar-refractivity contribution in [2.75, 3.05) is 6.54 Å². The van der Waals surface area contributed by atoms with E-state index < -0.39 is 0 Å². The van der Waals surface area contributed by atoms with Gasteiger partial charge >= 0.3 is 0 Å². The summed E-state index contributed by atoms with van der Waals surface area (Å²) >= 11 is 0. The monoisotopic (exact) mass is 217 g/mol. The van der Waals surface area contributed by atoms with Crippen LogP contribution < -0.4 is 5.32 Å². The SMILES string of the molecule is C#C[C@H]1CC[C@@H](C#N)N1C(=O)CNC1CC1. The van der Waals surface area contributed by atoms with Gasteiger partial charge in [0.05, 0.1) is 18.7 Å². The molecule has 1 saturated heterocycles. The van der Waals surface area contributed by atoms with Crippen molar-refractivity contribution < 1.29 is 4.79 Å². The molecular weight excluding hydrogens is 202 g/mol. The molecule has 0 aromatic carbocycles. The number of carbonyl (C=O) groups excluding carboxylic acids is 1. The minimum atomic E-state index is -0.338.